The van der Waals surface area contributed by atoms with E-state index in [0.29, 0.717) is 6.42 Å². The second kappa shape index (κ2) is 4.94. The van der Waals surface area contributed by atoms with Crippen molar-refractivity contribution < 1.29 is 4.79 Å². The largest absolute Gasteiger partial charge is 0.321 e. The summed E-state index contributed by atoms with van der Waals surface area (Å²) < 4.78 is 0. The molecule has 0 radical (unpaired) electrons. The first-order chi connectivity index (χ1) is 4.72. The fourth-order valence-corrected chi connectivity index (χ4v) is 0.591. The summed E-state index contributed by atoms with van der Waals surface area (Å²) in [6.45, 7) is 6.86. The van der Waals surface area contributed by atoms with Gasteiger partial charge in [0, 0.05) is 0 Å². The lowest BCUT2D eigenvalue weighted by Gasteiger charge is -2.03. The molecule has 2 heteroatoms. The fourth-order valence-electron chi connectivity index (χ4n) is 0.591. The molecule has 1 atom stereocenters. The molecule has 0 aliphatic heterocycles. The SMILES string of the molecule is C=CCCC(N)C(=O)C=C. The van der Waals surface area contributed by atoms with Crippen molar-refractivity contribution >= 4 is 5.78 Å². The highest BCUT2D eigenvalue weighted by atomic mass is 16.1. The van der Waals surface area contributed by atoms with Crippen LogP contribution in [-0.2, 0) is 4.79 Å². The van der Waals surface area contributed by atoms with Crippen LogP contribution in [0.2, 0.25) is 0 Å². The minimum atomic E-state index is -0.393. The predicted octanol–water partition coefficient (Wildman–Crippen LogP) is 1.04. The van der Waals surface area contributed by atoms with Gasteiger partial charge in [-0.2, -0.15) is 0 Å². The van der Waals surface area contributed by atoms with Crippen molar-refractivity contribution in [3.8, 4) is 0 Å². The van der Waals surface area contributed by atoms with E-state index < -0.39 is 6.04 Å². The normalized spacial score (nSPS) is 12.1. The molecule has 0 bridgehead atoms. The number of rotatable bonds is 5. The Bertz CT molecular complexity index is 140. The molecule has 0 spiro atoms. The Kier molecular flexibility index (Phi) is 4.50. The van der Waals surface area contributed by atoms with Gasteiger partial charge in [-0.25, -0.2) is 0 Å². The van der Waals surface area contributed by atoms with E-state index >= 15 is 0 Å². The third kappa shape index (κ3) is 3.20. The molecule has 0 aromatic carbocycles. The van der Waals surface area contributed by atoms with Gasteiger partial charge < -0.3 is 5.73 Å². The van der Waals surface area contributed by atoms with Crippen LogP contribution in [0.3, 0.4) is 0 Å². The van der Waals surface area contributed by atoms with Crippen LogP contribution in [0, 0.1) is 0 Å². The molecule has 0 aliphatic carbocycles. The van der Waals surface area contributed by atoms with Crippen molar-refractivity contribution in [2.75, 3.05) is 0 Å². The van der Waals surface area contributed by atoms with Gasteiger partial charge in [0.25, 0.3) is 0 Å². The first kappa shape index (κ1) is 9.11. The van der Waals surface area contributed by atoms with Crippen LogP contribution in [0.25, 0.3) is 0 Å². The van der Waals surface area contributed by atoms with E-state index in [2.05, 4.69) is 13.2 Å². The molecular formula is C8H13NO. The molecule has 10 heavy (non-hydrogen) atoms. The Morgan fingerprint density at radius 2 is 2.20 bits per heavy atom. The molecule has 56 valence electrons. The topological polar surface area (TPSA) is 43.1 Å². The highest BCUT2D eigenvalue weighted by molar-refractivity contribution is 5.93. The van der Waals surface area contributed by atoms with Crippen molar-refractivity contribution in [2.24, 2.45) is 5.73 Å². The monoisotopic (exact) mass is 139 g/mol. The van der Waals surface area contributed by atoms with E-state index in [0.717, 1.165) is 6.42 Å². The van der Waals surface area contributed by atoms with Crippen LogP contribution < -0.4 is 5.73 Å². The van der Waals surface area contributed by atoms with E-state index in [1.807, 2.05) is 0 Å². The highest BCUT2D eigenvalue weighted by Gasteiger charge is 2.06. The maximum atomic E-state index is 10.7. The zero-order valence-corrected chi connectivity index (χ0v) is 6.05. The van der Waals surface area contributed by atoms with Crippen LogP contribution in [0.5, 0.6) is 0 Å². The third-order valence-electron chi connectivity index (χ3n) is 1.25. The molecular weight excluding hydrogens is 126 g/mol. The average molecular weight is 139 g/mol. The van der Waals surface area contributed by atoms with Crippen molar-refractivity contribution in [2.45, 2.75) is 18.9 Å². The summed E-state index contributed by atoms with van der Waals surface area (Å²) in [6.07, 6.45) is 4.44. The zero-order valence-electron chi connectivity index (χ0n) is 6.05. The third-order valence-corrected chi connectivity index (χ3v) is 1.25. The number of allylic oxidation sites excluding steroid dienone is 1. The maximum absolute atomic E-state index is 10.7. The Morgan fingerprint density at radius 3 is 2.60 bits per heavy atom. The van der Waals surface area contributed by atoms with Crippen molar-refractivity contribution in [3.63, 3.8) is 0 Å². The quantitative estimate of drug-likeness (QED) is 0.456. The molecule has 0 heterocycles. The molecule has 0 aliphatic rings. The molecule has 0 aromatic heterocycles. The standard InChI is InChI=1S/C8H13NO/c1-3-5-6-7(9)8(10)4-2/h3-4,7H,1-2,5-6,9H2. The smallest absolute Gasteiger partial charge is 0.171 e. The van der Waals surface area contributed by atoms with E-state index in [1.165, 1.54) is 6.08 Å². The zero-order chi connectivity index (χ0) is 7.98. The van der Waals surface area contributed by atoms with Crippen LogP contribution in [0.1, 0.15) is 12.8 Å². The van der Waals surface area contributed by atoms with Crippen LogP contribution in [-0.4, -0.2) is 11.8 Å². The Morgan fingerprint density at radius 1 is 1.60 bits per heavy atom. The Labute approximate surface area is 61.4 Å². The first-order valence-electron chi connectivity index (χ1n) is 3.25. The summed E-state index contributed by atoms with van der Waals surface area (Å²) in [7, 11) is 0. The summed E-state index contributed by atoms with van der Waals surface area (Å²) in [5.74, 6) is -0.0955. The number of hydrogen-bond donors (Lipinski definition) is 1. The van der Waals surface area contributed by atoms with Gasteiger partial charge in [-0.15, -0.1) is 6.58 Å². The van der Waals surface area contributed by atoms with Gasteiger partial charge in [-0.1, -0.05) is 12.7 Å². The summed E-state index contributed by atoms with van der Waals surface area (Å²) >= 11 is 0. The van der Waals surface area contributed by atoms with E-state index in [1.54, 1.807) is 6.08 Å². The molecule has 2 N–H and O–H groups in total. The molecule has 0 amide bonds. The molecule has 1 unspecified atom stereocenters. The van der Waals surface area contributed by atoms with Crippen molar-refractivity contribution in [1.29, 1.82) is 0 Å². The summed E-state index contributed by atoms with van der Waals surface area (Å²) in [5.41, 5.74) is 5.45. The van der Waals surface area contributed by atoms with Crippen LogP contribution >= 0.6 is 0 Å². The lowest BCUT2D eigenvalue weighted by atomic mass is 10.1. The molecule has 2 nitrogen and oxygen atoms in total. The molecule has 0 fully saturated rings. The van der Waals surface area contributed by atoms with Crippen molar-refractivity contribution in [1.82, 2.24) is 0 Å². The molecule has 0 aromatic rings. The van der Waals surface area contributed by atoms with E-state index in [-0.39, 0.29) is 5.78 Å². The number of nitrogens with two attached hydrogens (primary N) is 1. The second-order valence-electron chi connectivity index (χ2n) is 2.08. The average Bonchev–Trinajstić information content (AvgIpc) is 1.98. The minimum Gasteiger partial charge on any atom is -0.321 e. The first-order valence-corrected chi connectivity index (χ1v) is 3.25. The van der Waals surface area contributed by atoms with E-state index in [4.69, 9.17) is 5.73 Å². The summed E-state index contributed by atoms with van der Waals surface area (Å²) in [6, 6.07) is -0.393. The van der Waals surface area contributed by atoms with Gasteiger partial charge in [0.1, 0.15) is 0 Å². The van der Waals surface area contributed by atoms with Gasteiger partial charge >= 0.3 is 0 Å². The Balaban J connectivity index is 3.60. The molecule has 0 saturated heterocycles. The predicted molar refractivity (Wildman–Crippen MR) is 42.6 cm³/mol. The van der Waals surface area contributed by atoms with Gasteiger partial charge in [0.15, 0.2) is 5.78 Å². The minimum absolute atomic E-state index is 0.0955. The number of hydrogen-bond acceptors (Lipinski definition) is 2. The highest BCUT2D eigenvalue weighted by Crippen LogP contribution is 1.96. The number of carbonyl (C=O) groups excluding carboxylic acids is 1. The fraction of sp³-hybridized carbons (Fsp3) is 0.375. The summed E-state index contributed by atoms with van der Waals surface area (Å²) in [5, 5.41) is 0. The summed E-state index contributed by atoms with van der Waals surface area (Å²) in [4.78, 5) is 10.7. The second-order valence-corrected chi connectivity index (χ2v) is 2.08. The van der Waals surface area contributed by atoms with Gasteiger partial charge in [0.2, 0.25) is 0 Å². The van der Waals surface area contributed by atoms with Gasteiger partial charge in [-0.05, 0) is 18.9 Å². The van der Waals surface area contributed by atoms with Crippen LogP contribution in [0.15, 0.2) is 25.3 Å². The number of carbonyl (C=O) groups is 1. The molecule has 0 saturated carbocycles. The molecule has 0 rings (SSSR count). The van der Waals surface area contributed by atoms with Gasteiger partial charge in [-0.3, -0.25) is 4.79 Å². The van der Waals surface area contributed by atoms with E-state index in [9.17, 15) is 4.79 Å². The van der Waals surface area contributed by atoms with Crippen molar-refractivity contribution in [3.05, 3.63) is 25.3 Å². The van der Waals surface area contributed by atoms with Crippen LogP contribution in [0.4, 0.5) is 0 Å². The number of ketones is 1. The van der Waals surface area contributed by atoms with Gasteiger partial charge in [0.05, 0.1) is 6.04 Å². The Hall–Kier alpha value is -0.890. The maximum Gasteiger partial charge on any atom is 0.171 e. The lowest BCUT2D eigenvalue weighted by molar-refractivity contribution is -0.115. The lowest BCUT2D eigenvalue weighted by Crippen LogP contribution is -2.28.